The summed E-state index contributed by atoms with van der Waals surface area (Å²) in [6, 6.07) is 13.2. The van der Waals surface area contributed by atoms with E-state index < -0.39 is 16.1 Å². The normalized spacial score (nSPS) is 18.8. The molecule has 0 bridgehead atoms. The van der Waals surface area contributed by atoms with Gasteiger partial charge in [0, 0.05) is 18.1 Å². The van der Waals surface area contributed by atoms with Crippen LogP contribution in [0.15, 0.2) is 48.5 Å². The number of benzene rings is 2. The molecule has 1 N–H and O–H groups in total. The van der Waals surface area contributed by atoms with Crippen molar-refractivity contribution in [2.75, 3.05) is 13.1 Å². The van der Waals surface area contributed by atoms with Gasteiger partial charge in [0.05, 0.1) is 5.75 Å². The predicted molar refractivity (Wildman–Crippen MR) is 97.7 cm³/mol. The smallest absolute Gasteiger partial charge is 0.243 e. The first kappa shape index (κ1) is 17.9. The Morgan fingerprint density at radius 2 is 1.92 bits per heavy atom. The maximum Gasteiger partial charge on any atom is 0.243 e. The molecule has 1 amide bonds. The highest BCUT2D eigenvalue weighted by Crippen LogP contribution is 2.28. The zero-order chi connectivity index (χ0) is 18.0. The van der Waals surface area contributed by atoms with Crippen LogP contribution in [0, 0.1) is 6.92 Å². The minimum Gasteiger partial charge on any atom is -0.353 e. The average Bonchev–Trinajstić information content (AvgIpc) is 2.55. The lowest BCUT2D eigenvalue weighted by Crippen LogP contribution is -2.52. The van der Waals surface area contributed by atoms with Crippen molar-refractivity contribution in [3.63, 3.8) is 0 Å². The molecule has 0 saturated carbocycles. The Morgan fingerprint density at radius 3 is 2.60 bits per heavy atom. The molecule has 1 unspecified atom stereocenters. The SMILES string of the molecule is Cc1cccc(CS(=O)(=O)N2CCNC(=O)C2c2ccc(Cl)cc2)c1. The first-order valence-electron chi connectivity index (χ1n) is 7.95. The number of sulfonamides is 1. The van der Waals surface area contributed by atoms with Crippen molar-refractivity contribution in [1.29, 1.82) is 0 Å². The van der Waals surface area contributed by atoms with Gasteiger partial charge in [-0.1, -0.05) is 53.6 Å². The second-order valence-corrected chi connectivity index (χ2v) is 8.46. The Labute approximate surface area is 152 Å². The molecule has 0 aromatic heterocycles. The van der Waals surface area contributed by atoms with Crippen molar-refractivity contribution in [3.8, 4) is 0 Å². The van der Waals surface area contributed by atoms with Gasteiger partial charge in [-0.2, -0.15) is 4.31 Å². The Balaban J connectivity index is 1.93. The highest BCUT2D eigenvalue weighted by Gasteiger charge is 2.38. The lowest BCUT2D eigenvalue weighted by molar-refractivity contribution is -0.126. The fraction of sp³-hybridized carbons (Fsp3) is 0.278. The molecule has 1 aliphatic rings. The maximum absolute atomic E-state index is 13.0. The van der Waals surface area contributed by atoms with E-state index >= 15 is 0 Å². The third kappa shape index (κ3) is 4.03. The van der Waals surface area contributed by atoms with Gasteiger partial charge in [0.1, 0.15) is 6.04 Å². The van der Waals surface area contributed by atoms with Crippen LogP contribution in [-0.4, -0.2) is 31.7 Å². The molecule has 1 aliphatic heterocycles. The van der Waals surface area contributed by atoms with Gasteiger partial charge in [-0.3, -0.25) is 4.79 Å². The molecule has 1 heterocycles. The Hall–Kier alpha value is -1.89. The van der Waals surface area contributed by atoms with Crippen LogP contribution < -0.4 is 5.32 Å². The van der Waals surface area contributed by atoms with Crippen molar-refractivity contribution in [3.05, 3.63) is 70.2 Å². The van der Waals surface area contributed by atoms with Crippen LogP contribution >= 0.6 is 11.6 Å². The third-order valence-electron chi connectivity index (χ3n) is 4.14. The number of nitrogens with zero attached hydrogens (tertiary/aromatic N) is 1. The van der Waals surface area contributed by atoms with Gasteiger partial charge in [0.15, 0.2) is 0 Å². The number of aryl methyl sites for hydroxylation is 1. The fourth-order valence-electron chi connectivity index (χ4n) is 3.00. The maximum atomic E-state index is 13.0. The standard InChI is InChI=1S/C18H19ClN2O3S/c1-13-3-2-4-14(11-13)12-25(23,24)21-10-9-20-18(22)17(21)15-5-7-16(19)8-6-15/h2-8,11,17H,9-10,12H2,1H3,(H,20,22). The topological polar surface area (TPSA) is 66.5 Å². The van der Waals surface area contributed by atoms with E-state index in [4.69, 9.17) is 11.6 Å². The quantitative estimate of drug-likeness (QED) is 0.889. The predicted octanol–water partition coefficient (Wildman–Crippen LogP) is 2.65. The number of halogens is 1. The fourth-order valence-corrected chi connectivity index (χ4v) is 4.80. The van der Waals surface area contributed by atoms with Crippen molar-refractivity contribution >= 4 is 27.5 Å². The Bertz CT molecular complexity index is 881. The molecule has 0 radical (unpaired) electrons. The number of rotatable bonds is 4. The van der Waals surface area contributed by atoms with E-state index in [9.17, 15) is 13.2 Å². The Kier molecular flexibility index (Phi) is 5.13. The lowest BCUT2D eigenvalue weighted by Gasteiger charge is -2.34. The first-order valence-corrected chi connectivity index (χ1v) is 9.94. The van der Waals surface area contributed by atoms with Crippen molar-refractivity contribution < 1.29 is 13.2 Å². The molecular formula is C18H19ClN2O3S. The number of piperazine rings is 1. The summed E-state index contributed by atoms with van der Waals surface area (Å²) in [6.07, 6.45) is 0. The number of hydrogen-bond acceptors (Lipinski definition) is 3. The van der Waals surface area contributed by atoms with Crippen LogP contribution in [0.4, 0.5) is 0 Å². The van der Waals surface area contributed by atoms with Crippen LogP contribution in [0.5, 0.6) is 0 Å². The third-order valence-corrected chi connectivity index (χ3v) is 6.20. The second kappa shape index (κ2) is 7.15. The summed E-state index contributed by atoms with van der Waals surface area (Å²) in [5.41, 5.74) is 2.31. The van der Waals surface area contributed by atoms with E-state index in [1.165, 1.54) is 4.31 Å². The largest absolute Gasteiger partial charge is 0.353 e. The second-order valence-electron chi connectivity index (χ2n) is 6.10. The lowest BCUT2D eigenvalue weighted by atomic mass is 10.1. The van der Waals surface area contributed by atoms with Gasteiger partial charge in [-0.25, -0.2) is 8.42 Å². The summed E-state index contributed by atoms with van der Waals surface area (Å²) in [6.45, 7) is 2.46. The van der Waals surface area contributed by atoms with Crippen molar-refractivity contribution in [1.82, 2.24) is 9.62 Å². The van der Waals surface area contributed by atoms with E-state index in [1.807, 2.05) is 25.1 Å². The number of nitrogens with one attached hydrogen (secondary N) is 1. The van der Waals surface area contributed by atoms with Crippen molar-refractivity contribution in [2.45, 2.75) is 18.7 Å². The number of hydrogen-bond donors (Lipinski definition) is 1. The molecule has 2 aromatic carbocycles. The van der Waals surface area contributed by atoms with Gasteiger partial charge in [0.25, 0.3) is 0 Å². The summed E-state index contributed by atoms with van der Waals surface area (Å²) >= 11 is 5.90. The van der Waals surface area contributed by atoms with E-state index in [0.717, 1.165) is 5.56 Å². The average molecular weight is 379 g/mol. The van der Waals surface area contributed by atoms with Crippen LogP contribution in [0.3, 0.4) is 0 Å². The molecule has 132 valence electrons. The van der Waals surface area contributed by atoms with E-state index in [2.05, 4.69) is 5.32 Å². The monoisotopic (exact) mass is 378 g/mol. The molecule has 1 saturated heterocycles. The van der Waals surface area contributed by atoms with E-state index in [0.29, 0.717) is 22.7 Å². The van der Waals surface area contributed by atoms with Gasteiger partial charge >= 0.3 is 0 Å². The van der Waals surface area contributed by atoms with Crippen LogP contribution in [0.2, 0.25) is 5.02 Å². The molecule has 0 aliphatic carbocycles. The molecule has 25 heavy (non-hydrogen) atoms. The zero-order valence-corrected chi connectivity index (χ0v) is 15.3. The molecule has 1 atom stereocenters. The van der Waals surface area contributed by atoms with Crippen LogP contribution in [0.25, 0.3) is 0 Å². The van der Waals surface area contributed by atoms with E-state index in [1.54, 1.807) is 30.3 Å². The van der Waals surface area contributed by atoms with E-state index in [-0.39, 0.29) is 18.2 Å². The van der Waals surface area contributed by atoms with Crippen molar-refractivity contribution in [2.24, 2.45) is 0 Å². The van der Waals surface area contributed by atoms with Gasteiger partial charge in [0.2, 0.25) is 15.9 Å². The summed E-state index contributed by atoms with van der Waals surface area (Å²) in [7, 11) is -3.65. The summed E-state index contributed by atoms with van der Waals surface area (Å²) in [5, 5.41) is 3.28. The summed E-state index contributed by atoms with van der Waals surface area (Å²) in [5.74, 6) is -0.451. The van der Waals surface area contributed by atoms with Gasteiger partial charge in [-0.15, -0.1) is 0 Å². The van der Waals surface area contributed by atoms with Crippen LogP contribution in [-0.2, 0) is 20.6 Å². The highest BCUT2D eigenvalue weighted by atomic mass is 35.5. The molecule has 2 aromatic rings. The molecule has 3 rings (SSSR count). The summed E-state index contributed by atoms with van der Waals surface area (Å²) in [4.78, 5) is 12.4. The molecular weight excluding hydrogens is 360 g/mol. The molecule has 1 fully saturated rings. The highest BCUT2D eigenvalue weighted by molar-refractivity contribution is 7.88. The first-order chi connectivity index (χ1) is 11.9. The number of amides is 1. The minimum atomic E-state index is -3.65. The van der Waals surface area contributed by atoms with Gasteiger partial charge in [-0.05, 0) is 30.2 Å². The number of carbonyl (C=O) groups excluding carboxylic acids is 1. The summed E-state index contributed by atoms with van der Waals surface area (Å²) < 4.78 is 27.3. The Morgan fingerprint density at radius 1 is 1.20 bits per heavy atom. The van der Waals surface area contributed by atoms with Gasteiger partial charge < -0.3 is 5.32 Å². The number of carbonyl (C=O) groups is 1. The molecule has 5 nitrogen and oxygen atoms in total. The van der Waals surface area contributed by atoms with Crippen LogP contribution in [0.1, 0.15) is 22.7 Å². The molecule has 0 spiro atoms. The minimum absolute atomic E-state index is 0.133. The molecule has 7 heteroatoms. The zero-order valence-electron chi connectivity index (χ0n) is 13.8.